The highest BCUT2D eigenvalue weighted by Gasteiger charge is 2.21. The van der Waals surface area contributed by atoms with Crippen LogP contribution in [0.2, 0.25) is 0 Å². The van der Waals surface area contributed by atoms with Crippen LogP contribution >= 0.6 is 0 Å². The Labute approximate surface area is 148 Å². The van der Waals surface area contributed by atoms with E-state index in [2.05, 4.69) is 78.3 Å². The van der Waals surface area contributed by atoms with Crippen molar-refractivity contribution in [3.8, 4) is 11.1 Å². The van der Waals surface area contributed by atoms with Crippen LogP contribution in [0.4, 0.5) is 0 Å². The van der Waals surface area contributed by atoms with Gasteiger partial charge in [0.15, 0.2) is 0 Å². The van der Waals surface area contributed by atoms with Crippen LogP contribution in [-0.4, -0.2) is 9.78 Å². The molecule has 0 bridgehead atoms. The largest absolute Gasteiger partial charge is 0.266 e. The Morgan fingerprint density at radius 1 is 0.833 bits per heavy atom. The van der Waals surface area contributed by atoms with E-state index in [1.54, 1.807) is 0 Å². The third-order valence-electron chi connectivity index (χ3n) is 4.56. The summed E-state index contributed by atoms with van der Waals surface area (Å²) in [5.41, 5.74) is 8.19. The van der Waals surface area contributed by atoms with Crippen molar-refractivity contribution in [3.63, 3.8) is 0 Å². The van der Waals surface area contributed by atoms with Gasteiger partial charge in [-0.25, -0.2) is 0 Å². The standard InChI is InChI=1S/C22H34N2/c1-14(2)12-19-10-9-11-20(13-15(3)4)22(19)21-17(7)23-24(16(5)6)18(21)8/h9-11,14-16H,12-13H2,1-8H3. The first-order chi connectivity index (χ1) is 11.2. The Hall–Kier alpha value is -1.57. The summed E-state index contributed by atoms with van der Waals surface area (Å²) in [7, 11) is 0. The molecule has 1 aromatic heterocycles. The lowest BCUT2D eigenvalue weighted by molar-refractivity contribution is 0.516. The van der Waals surface area contributed by atoms with Crippen molar-refractivity contribution >= 4 is 0 Å². The summed E-state index contributed by atoms with van der Waals surface area (Å²) in [5, 5.41) is 4.84. The second kappa shape index (κ2) is 7.55. The summed E-state index contributed by atoms with van der Waals surface area (Å²) in [6.45, 7) is 18.0. The fourth-order valence-corrected chi connectivity index (χ4v) is 3.72. The molecule has 2 nitrogen and oxygen atoms in total. The van der Waals surface area contributed by atoms with Gasteiger partial charge < -0.3 is 0 Å². The minimum Gasteiger partial charge on any atom is -0.266 e. The number of hydrogen-bond acceptors (Lipinski definition) is 1. The van der Waals surface area contributed by atoms with Gasteiger partial charge in [0.05, 0.1) is 5.69 Å². The topological polar surface area (TPSA) is 17.8 Å². The molecule has 0 radical (unpaired) electrons. The van der Waals surface area contributed by atoms with Crippen molar-refractivity contribution in [1.29, 1.82) is 0 Å². The van der Waals surface area contributed by atoms with Crippen molar-refractivity contribution in [2.75, 3.05) is 0 Å². The normalized spacial score (nSPS) is 12.0. The summed E-state index contributed by atoms with van der Waals surface area (Å²) >= 11 is 0. The van der Waals surface area contributed by atoms with Crippen LogP contribution in [-0.2, 0) is 12.8 Å². The third-order valence-corrected chi connectivity index (χ3v) is 4.56. The predicted octanol–water partition coefficient (Wildman–Crippen LogP) is 6.14. The van der Waals surface area contributed by atoms with E-state index >= 15 is 0 Å². The van der Waals surface area contributed by atoms with Crippen LogP contribution in [0.15, 0.2) is 18.2 Å². The highest BCUT2D eigenvalue weighted by molar-refractivity contribution is 5.75. The zero-order chi connectivity index (χ0) is 18.0. The summed E-state index contributed by atoms with van der Waals surface area (Å²) in [4.78, 5) is 0. The minimum atomic E-state index is 0.392. The van der Waals surface area contributed by atoms with Gasteiger partial charge in [0.2, 0.25) is 0 Å². The molecule has 0 aliphatic rings. The zero-order valence-electron chi connectivity index (χ0n) is 16.8. The van der Waals surface area contributed by atoms with Gasteiger partial charge in [0, 0.05) is 17.3 Å². The quantitative estimate of drug-likeness (QED) is 0.623. The molecule has 2 rings (SSSR count). The molecule has 0 unspecified atom stereocenters. The maximum Gasteiger partial charge on any atom is 0.0675 e. The average molecular weight is 327 g/mol. The molecule has 0 saturated heterocycles. The van der Waals surface area contributed by atoms with E-state index in [1.165, 1.54) is 27.9 Å². The van der Waals surface area contributed by atoms with Gasteiger partial charge in [-0.2, -0.15) is 5.10 Å². The summed E-state index contributed by atoms with van der Waals surface area (Å²) in [6, 6.07) is 7.25. The van der Waals surface area contributed by atoms with Crippen molar-refractivity contribution in [3.05, 3.63) is 40.7 Å². The molecule has 0 spiro atoms. The van der Waals surface area contributed by atoms with Gasteiger partial charge in [-0.1, -0.05) is 45.9 Å². The molecule has 0 aliphatic carbocycles. The molecule has 132 valence electrons. The van der Waals surface area contributed by atoms with E-state index in [0.717, 1.165) is 18.5 Å². The first kappa shape index (κ1) is 18.8. The number of aryl methyl sites for hydroxylation is 1. The van der Waals surface area contributed by atoms with E-state index in [0.29, 0.717) is 17.9 Å². The van der Waals surface area contributed by atoms with Crippen LogP contribution in [0.1, 0.15) is 70.1 Å². The van der Waals surface area contributed by atoms with Crippen molar-refractivity contribution in [1.82, 2.24) is 9.78 Å². The summed E-state index contributed by atoms with van der Waals surface area (Å²) in [6.07, 6.45) is 2.24. The lowest BCUT2D eigenvalue weighted by Gasteiger charge is -2.19. The molecule has 0 saturated carbocycles. The Morgan fingerprint density at radius 3 is 1.71 bits per heavy atom. The third kappa shape index (κ3) is 3.91. The smallest absolute Gasteiger partial charge is 0.0675 e. The molecule has 24 heavy (non-hydrogen) atoms. The van der Waals surface area contributed by atoms with Gasteiger partial charge in [0.1, 0.15) is 0 Å². The molecule has 0 fully saturated rings. The van der Waals surface area contributed by atoms with Gasteiger partial charge >= 0.3 is 0 Å². The van der Waals surface area contributed by atoms with Crippen LogP contribution in [0.5, 0.6) is 0 Å². The maximum absolute atomic E-state index is 4.84. The summed E-state index contributed by atoms with van der Waals surface area (Å²) in [5.74, 6) is 1.30. The lowest BCUT2D eigenvalue weighted by atomic mass is 9.86. The van der Waals surface area contributed by atoms with E-state index in [-0.39, 0.29) is 0 Å². The van der Waals surface area contributed by atoms with Crippen LogP contribution in [0, 0.1) is 25.7 Å². The molecule has 2 heteroatoms. The van der Waals surface area contributed by atoms with E-state index in [4.69, 9.17) is 5.10 Å². The molecular weight excluding hydrogens is 292 g/mol. The Bertz CT molecular complexity index is 662. The molecule has 2 aromatic rings. The van der Waals surface area contributed by atoms with Crippen LogP contribution < -0.4 is 0 Å². The number of nitrogens with zero attached hydrogens (tertiary/aromatic N) is 2. The summed E-state index contributed by atoms with van der Waals surface area (Å²) < 4.78 is 2.18. The van der Waals surface area contributed by atoms with Crippen molar-refractivity contribution < 1.29 is 0 Å². The Morgan fingerprint density at radius 2 is 1.33 bits per heavy atom. The van der Waals surface area contributed by atoms with Crippen molar-refractivity contribution in [2.24, 2.45) is 11.8 Å². The highest BCUT2D eigenvalue weighted by Crippen LogP contribution is 2.36. The second-order valence-electron chi connectivity index (χ2n) is 8.23. The molecule has 1 heterocycles. The van der Waals surface area contributed by atoms with Crippen LogP contribution in [0.3, 0.4) is 0 Å². The van der Waals surface area contributed by atoms with Crippen molar-refractivity contribution in [2.45, 2.75) is 74.3 Å². The van der Waals surface area contributed by atoms with E-state index in [1.807, 2.05) is 0 Å². The fourth-order valence-electron chi connectivity index (χ4n) is 3.72. The Balaban J connectivity index is 2.71. The van der Waals surface area contributed by atoms with Gasteiger partial charge in [-0.05, 0) is 69.1 Å². The molecule has 0 N–H and O–H groups in total. The van der Waals surface area contributed by atoms with E-state index < -0.39 is 0 Å². The fraction of sp³-hybridized carbons (Fsp3) is 0.591. The number of hydrogen-bond donors (Lipinski definition) is 0. The SMILES string of the molecule is Cc1nn(C(C)C)c(C)c1-c1c(CC(C)C)cccc1CC(C)C. The van der Waals surface area contributed by atoms with E-state index in [9.17, 15) is 0 Å². The minimum absolute atomic E-state index is 0.392. The highest BCUT2D eigenvalue weighted by atomic mass is 15.3. The maximum atomic E-state index is 4.84. The lowest BCUT2D eigenvalue weighted by Crippen LogP contribution is -2.06. The number of benzene rings is 1. The predicted molar refractivity (Wildman–Crippen MR) is 105 cm³/mol. The molecule has 0 atom stereocenters. The van der Waals surface area contributed by atoms with Gasteiger partial charge in [-0.3, -0.25) is 4.68 Å². The number of aromatic nitrogens is 2. The monoisotopic (exact) mass is 326 g/mol. The van der Waals surface area contributed by atoms with Crippen LogP contribution in [0.25, 0.3) is 11.1 Å². The van der Waals surface area contributed by atoms with Gasteiger partial charge in [0.25, 0.3) is 0 Å². The molecule has 0 amide bonds. The number of rotatable bonds is 6. The first-order valence-electron chi connectivity index (χ1n) is 9.39. The Kier molecular flexibility index (Phi) is 5.90. The first-order valence-corrected chi connectivity index (χ1v) is 9.39. The second-order valence-corrected chi connectivity index (χ2v) is 8.23. The molecular formula is C22H34N2. The van der Waals surface area contributed by atoms with Gasteiger partial charge in [-0.15, -0.1) is 0 Å². The molecule has 0 aliphatic heterocycles. The zero-order valence-corrected chi connectivity index (χ0v) is 16.8. The average Bonchev–Trinajstić information content (AvgIpc) is 2.74. The molecule has 1 aromatic carbocycles.